The van der Waals surface area contributed by atoms with Crippen molar-refractivity contribution < 1.29 is 23.0 Å². The quantitative estimate of drug-likeness (QED) is 0.774. The van der Waals surface area contributed by atoms with Crippen LogP contribution in [0.1, 0.15) is 23.5 Å². The van der Waals surface area contributed by atoms with Crippen molar-refractivity contribution >= 4 is 5.91 Å². The average Bonchev–Trinajstić information content (AvgIpc) is 3.52. The summed E-state index contributed by atoms with van der Waals surface area (Å²) in [4.78, 5) is 14.0. The summed E-state index contributed by atoms with van der Waals surface area (Å²) in [5.74, 6) is -1.30. The highest BCUT2D eigenvalue weighted by Gasteiger charge is 2.41. The van der Waals surface area contributed by atoms with Crippen LogP contribution in [0.5, 0.6) is 5.75 Å². The van der Waals surface area contributed by atoms with Gasteiger partial charge in [-0.1, -0.05) is 30.3 Å². The molecule has 1 N–H and O–H groups in total. The number of halogens is 2. The van der Waals surface area contributed by atoms with Crippen molar-refractivity contribution in [2.75, 3.05) is 32.8 Å². The SMILES string of the molecule is O=C(CNC1CC1c1cc(F)cc(F)c1OCc1ccccc1)N1CCOCC1. The smallest absolute Gasteiger partial charge is 0.236 e. The number of nitrogens with one attached hydrogen (secondary N) is 1. The Hall–Kier alpha value is -2.51. The summed E-state index contributed by atoms with van der Waals surface area (Å²) in [6.07, 6.45) is 0.709. The highest BCUT2D eigenvalue weighted by molar-refractivity contribution is 5.78. The highest BCUT2D eigenvalue weighted by Crippen LogP contribution is 2.46. The molecule has 0 radical (unpaired) electrons. The molecule has 1 saturated carbocycles. The molecule has 2 aliphatic rings. The Morgan fingerprint density at radius 1 is 1.17 bits per heavy atom. The molecular weight excluding hydrogens is 378 g/mol. The van der Waals surface area contributed by atoms with E-state index in [0.29, 0.717) is 38.3 Å². The Morgan fingerprint density at radius 3 is 2.69 bits per heavy atom. The fraction of sp³-hybridized carbons (Fsp3) is 0.409. The van der Waals surface area contributed by atoms with Gasteiger partial charge in [0.1, 0.15) is 12.4 Å². The number of carbonyl (C=O) groups excluding carboxylic acids is 1. The lowest BCUT2D eigenvalue weighted by Crippen LogP contribution is -2.45. The van der Waals surface area contributed by atoms with E-state index in [-0.39, 0.29) is 36.8 Å². The van der Waals surface area contributed by atoms with Gasteiger partial charge in [0.15, 0.2) is 11.6 Å². The Kier molecular flexibility index (Phi) is 6.06. The zero-order valence-electron chi connectivity index (χ0n) is 16.1. The zero-order chi connectivity index (χ0) is 20.2. The normalized spacial score (nSPS) is 21.1. The van der Waals surface area contributed by atoms with E-state index in [1.54, 1.807) is 4.90 Å². The second kappa shape index (κ2) is 8.88. The zero-order valence-corrected chi connectivity index (χ0v) is 16.1. The largest absolute Gasteiger partial charge is 0.486 e. The standard InChI is InChI=1S/C22H24F2N2O3/c23-16-10-18(22(19(24)11-16)29-14-15-4-2-1-3-5-15)17-12-20(17)25-13-21(27)26-6-8-28-9-7-26/h1-5,10-11,17,20,25H,6-9,12-14H2. The first-order chi connectivity index (χ1) is 14.1. The van der Waals surface area contributed by atoms with Crippen LogP contribution in [0.15, 0.2) is 42.5 Å². The third-order valence-corrected chi connectivity index (χ3v) is 5.33. The lowest BCUT2D eigenvalue weighted by Gasteiger charge is -2.27. The van der Waals surface area contributed by atoms with E-state index in [1.165, 1.54) is 6.07 Å². The minimum atomic E-state index is -0.703. The molecule has 1 heterocycles. The van der Waals surface area contributed by atoms with Gasteiger partial charge in [-0.15, -0.1) is 0 Å². The summed E-state index contributed by atoms with van der Waals surface area (Å²) in [5.41, 5.74) is 1.42. The third-order valence-electron chi connectivity index (χ3n) is 5.33. The fourth-order valence-corrected chi connectivity index (χ4v) is 3.64. The van der Waals surface area contributed by atoms with Crippen LogP contribution < -0.4 is 10.1 Å². The Morgan fingerprint density at radius 2 is 1.93 bits per heavy atom. The number of hydrogen-bond donors (Lipinski definition) is 1. The molecule has 0 spiro atoms. The molecule has 2 unspecified atom stereocenters. The fourth-order valence-electron chi connectivity index (χ4n) is 3.64. The van der Waals surface area contributed by atoms with Crippen LogP contribution in [0, 0.1) is 11.6 Å². The molecular formula is C22H24F2N2O3. The van der Waals surface area contributed by atoms with Gasteiger partial charge in [-0.25, -0.2) is 8.78 Å². The Labute approximate surface area is 168 Å². The minimum Gasteiger partial charge on any atom is -0.486 e. The van der Waals surface area contributed by atoms with Crippen LogP contribution in [-0.2, 0) is 16.1 Å². The van der Waals surface area contributed by atoms with Gasteiger partial charge in [-0.3, -0.25) is 4.79 Å². The molecule has 1 aliphatic carbocycles. The number of nitrogens with zero attached hydrogens (tertiary/aromatic N) is 1. The van der Waals surface area contributed by atoms with Gasteiger partial charge in [0.25, 0.3) is 0 Å². The summed E-state index contributed by atoms with van der Waals surface area (Å²) in [5, 5.41) is 3.21. The van der Waals surface area contributed by atoms with Crippen molar-refractivity contribution in [1.29, 1.82) is 0 Å². The van der Waals surface area contributed by atoms with Gasteiger partial charge in [0.2, 0.25) is 5.91 Å². The van der Waals surface area contributed by atoms with E-state index in [9.17, 15) is 13.6 Å². The van der Waals surface area contributed by atoms with Crippen LogP contribution in [0.2, 0.25) is 0 Å². The van der Waals surface area contributed by atoms with Crippen LogP contribution in [-0.4, -0.2) is 49.7 Å². The van der Waals surface area contributed by atoms with E-state index in [0.717, 1.165) is 11.6 Å². The molecule has 2 aromatic carbocycles. The van der Waals surface area contributed by atoms with E-state index in [2.05, 4.69) is 5.32 Å². The topological polar surface area (TPSA) is 50.8 Å². The predicted molar refractivity (Wildman–Crippen MR) is 104 cm³/mol. The van der Waals surface area contributed by atoms with E-state index in [4.69, 9.17) is 9.47 Å². The lowest BCUT2D eigenvalue weighted by molar-refractivity contribution is -0.134. The van der Waals surface area contributed by atoms with Gasteiger partial charge in [-0.05, 0) is 18.1 Å². The predicted octanol–water partition coefficient (Wildman–Crippen LogP) is 2.85. The molecule has 7 heteroatoms. The number of benzene rings is 2. The monoisotopic (exact) mass is 402 g/mol. The first kappa shape index (κ1) is 19.8. The summed E-state index contributed by atoms with van der Waals surface area (Å²) in [6.45, 7) is 2.73. The molecule has 154 valence electrons. The van der Waals surface area contributed by atoms with Crippen molar-refractivity contribution in [2.24, 2.45) is 0 Å². The molecule has 4 rings (SSSR count). The Bertz CT molecular complexity index is 857. The summed E-state index contributed by atoms with van der Waals surface area (Å²) < 4.78 is 39.3. The second-order valence-corrected chi connectivity index (χ2v) is 7.40. The van der Waals surface area contributed by atoms with Crippen LogP contribution in [0.3, 0.4) is 0 Å². The number of ether oxygens (including phenoxy) is 2. The maximum absolute atomic E-state index is 14.4. The Balaban J connectivity index is 1.38. The van der Waals surface area contributed by atoms with Gasteiger partial charge < -0.3 is 19.7 Å². The van der Waals surface area contributed by atoms with Gasteiger partial charge in [-0.2, -0.15) is 0 Å². The van der Waals surface area contributed by atoms with Crippen molar-refractivity contribution in [1.82, 2.24) is 10.2 Å². The van der Waals surface area contributed by atoms with Crippen molar-refractivity contribution in [2.45, 2.75) is 25.0 Å². The van der Waals surface area contributed by atoms with Gasteiger partial charge in [0, 0.05) is 36.7 Å². The number of amides is 1. The molecule has 1 aliphatic heterocycles. The maximum Gasteiger partial charge on any atom is 0.236 e. The van der Waals surface area contributed by atoms with Gasteiger partial charge >= 0.3 is 0 Å². The first-order valence-electron chi connectivity index (χ1n) is 9.86. The minimum absolute atomic E-state index is 0.000246. The van der Waals surface area contributed by atoms with E-state index >= 15 is 0 Å². The lowest BCUT2D eigenvalue weighted by atomic mass is 10.1. The van der Waals surface area contributed by atoms with Crippen LogP contribution in [0.4, 0.5) is 8.78 Å². The molecule has 1 amide bonds. The number of carbonyl (C=O) groups is 1. The molecule has 2 aromatic rings. The maximum atomic E-state index is 14.4. The molecule has 29 heavy (non-hydrogen) atoms. The number of morpholine rings is 1. The number of rotatable bonds is 7. The van der Waals surface area contributed by atoms with E-state index in [1.807, 2.05) is 30.3 Å². The van der Waals surface area contributed by atoms with Crippen molar-refractivity contribution in [3.8, 4) is 5.75 Å². The average molecular weight is 402 g/mol. The van der Waals surface area contributed by atoms with Crippen LogP contribution in [0.25, 0.3) is 0 Å². The number of hydrogen-bond acceptors (Lipinski definition) is 4. The molecule has 5 nitrogen and oxygen atoms in total. The highest BCUT2D eigenvalue weighted by atomic mass is 19.1. The summed E-state index contributed by atoms with van der Waals surface area (Å²) in [6, 6.07) is 11.6. The van der Waals surface area contributed by atoms with Crippen molar-refractivity contribution in [3.05, 3.63) is 65.2 Å². The summed E-state index contributed by atoms with van der Waals surface area (Å²) >= 11 is 0. The van der Waals surface area contributed by atoms with E-state index < -0.39 is 11.6 Å². The van der Waals surface area contributed by atoms with Crippen molar-refractivity contribution in [3.63, 3.8) is 0 Å². The van der Waals surface area contributed by atoms with Crippen LogP contribution >= 0.6 is 0 Å². The third kappa shape index (κ3) is 4.92. The molecule has 0 aromatic heterocycles. The molecule has 2 fully saturated rings. The molecule has 1 saturated heterocycles. The first-order valence-corrected chi connectivity index (χ1v) is 9.86. The molecule has 0 bridgehead atoms. The summed E-state index contributed by atoms with van der Waals surface area (Å²) in [7, 11) is 0. The molecule has 2 atom stereocenters. The van der Waals surface area contributed by atoms with Gasteiger partial charge in [0.05, 0.1) is 19.8 Å². The second-order valence-electron chi connectivity index (χ2n) is 7.40.